The molecule has 22 heavy (non-hydrogen) atoms. The lowest BCUT2D eigenvalue weighted by Crippen LogP contribution is -2.18. The maximum absolute atomic E-state index is 12.6. The largest absolute Gasteiger partial charge is 0.294 e. The van der Waals surface area contributed by atoms with Gasteiger partial charge in [-0.15, -0.1) is 0 Å². The van der Waals surface area contributed by atoms with Gasteiger partial charge < -0.3 is 0 Å². The number of allylic oxidation sites excluding steroid dienone is 2. The summed E-state index contributed by atoms with van der Waals surface area (Å²) in [5.74, 6) is -0.820. The van der Waals surface area contributed by atoms with Crippen molar-refractivity contribution >= 4 is 44.6 Å². The van der Waals surface area contributed by atoms with Gasteiger partial charge in [-0.2, -0.15) is 0 Å². The molecule has 116 valence electrons. The molecule has 1 aromatic rings. The minimum absolute atomic E-state index is 0.0118. The molecule has 4 nitrogen and oxygen atoms in total. The molecule has 1 aliphatic carbocycles. The summed E-state index contributed by atoms with van der Waals surface area (Å²) < 4.78 is 23.7. The van der Waals surface area contributed by atoms with E-state index in [1.807, 2.05) is 0 Å². The molecule has 0 atom stereocenters. The van der Waals surface area contributed by atoms with Crippen LogP contribution in [0.3, 0.4) is 0 Å². The number of carbonyl (C=O) groups excluding carboxylic acids is 2. The summed E-state index contributed by atoms with van der Waals surface area (Å²) in [6.45, 7) is 0. The van der Waals surface area contributed by atoms with Gasteiger partial charge in [0.2, 0.25) is 0 Å². The Labute approximate surface area is 138 Å². The minimum atomic E-state index is -3.32. The topological polar surface area (TPSA) is 68.3 Å². The van der Waals surface area contributed by atoms with E-state index in [0.717, 1.165) is 0 Å². The third-order valence-corrected chi connectivity index (χ3v) is 6.58. The van der Waals surface area contributed by atoms with Gasteiger partial charge in [0.15, 0.2) is 21.4 Å². The van der Waals surface area contributed by atoms with E-state index in [0.29, 0.717) is 18.4 Å². The first kappa shape index (κ1) is 15.7. The predicted octanol–water partition coefficient (Wildman–Crippen LogP) is 3.10. The van der Waals surface area contributed by atoms with Gasteiger partial charge >= 0.3 is 0 Å². The Balaban J connectivity index is 2.11. The van der Waals surface area contributed by atoms with Crippen molar-refractivity contribution in [3.8, 4) is 0 Å². The Hall–Kier alpha value is -1.17. The number of benzene rings is 1. The van der Waals surface area contributed by atoms with Gasteiger partial charge in [0.25, 0.3) is 0 Å². The second-order valence-electron chi connectivity index (χ2n) is 5.36. The highest BCUT2D eigenvalue weighted by Crippen LogP contribution is 2.36. The zero-order valence-electron chi connectivity index (χ0n) is 11.5. The van der Waals surface area contributed by atoms with Crippen LogP contribution in [0.25, 0.3) is 0 Å². The van der Waals surface area contributed by atoms with E-state index >= 15 is 0 Å². The number of hydrogen-bond donors (Lipinski definition) is 0. The lowest BCUT2D eigenvalue weighted by molar-refractivity contribution is -0.115. The third kappa shape index (κ3) is 2.41. The van der Waals surface area contributed by atoms with Crippen LogP contribution in [0.5, 0.6) is 0 Å². The van der Waals surface area contributed by atoms with Crippen LogP contribution in [0.15, 0.2) is 27.6 Å². The van der Waals surface area contributed by atoms with E-state index in [4.69, 9.17) is 23.2 Å². The fourth-order valence-corrected chi connectivity index (χ4v) is 5.11. The molecule has 0 spiro atoms. The van der Waals surface area contributed by atoms with E-state index in [9.17, 15) is 18.0 Å². The van der Waals surface area contributed by atoms with Crippen LogP contribution >= 0.6 is 23.2 Å². The first-order chi connectivity index (χ1) is 10.3. The van der Waals surface area contributed by atoms with Crippen LogP contribution in [0.4, 0.5) is 0 Å². The van der Waals surface area contributed by atoms with Gasteiger partial charge in [-0.25, -0.2) is 8.42 Å². The van der Waals surface area contributed by atoms with Crippen LogP contribution in [0.2, 0.25) is 5.02 Å². The summed E-state index contributed by atoms with van der Waals surface area (Å²) in [7, 11) is -3.32. The molecule has 0 aromatic heterocycles. The van der Waals surface area contributed by atoms with E-state index in [-0.39, 0.29) is 50.5 Å². The summed E-state index contributed by atoms with van der Waals surface area (Å²) in [6.07, 6.45) is 1.68. The average molecular weight is 359 g/mol. The molecule has 0 saturated heterocycles. The number of carbonyl (C=O) groups is 2. The molecule has 0 N–H and O–H groups in total. The van der Waals surface area contributed by atoms with Crippen molar-refractivity contribution in [3.05, 3.63) is 38.9 Å². The molecule has 0 amide bonds. The maximum atomic E-state index is 12.6. The van der Waals surface area contributed by atoms with E-state index < -0.39 is 15.6 Å². The number of fused-ring (bicyclic) bond motifs is 1. The number of ketones is 2. The molecule has 1 aliphatic heterocycles. The molecule has 2 aliphatic rings. The average Bonchev–Trinajstić information content (AvgIpc) is 2.75. The fourth-order valence-electron chi connectivity index (χ4n) is 2.84. The van der Waals surface area contributed by atoms with Gasteiger partial charge in [0, 0.05) is 17.0 Å². The monoisotopic (exact) mass is 358 g/mol. The van der Waals surface area contributed by atoms with Crippen molar-refractivity contribution in [2.45, 2.75) is 30.6 Å². The fraction of sp³-hybridized carbons (Fsp3) is 0.333. The van der Waals surface area contributed by atoms with Crippen molar-refractivity contribution in [1.82, 2.24) is 0 Å². The van der Waals surface area contributed by atoms with Gasteiger partial charge in [0.1, 0.15) is 0 Å². The Morgan fingerprint density at radius 1 is 1.09 bits per heavy atom. The van der Waals surface area contributed by atoms with Crippen LogP contribution in [-0.4, -0.2) is 25.7 Å². The summed E-state index contributed by atoms with van der Waals surface area (Å²) in [5.41, 5.74) is 0.573. The molecule has 0 radical (unpaired) electrons. The Kier molecular flexibility index (Phi) is 3.91. The smallest absolute Gasteiger partial charge is 0.199 e. The molecule has 0 unspecified atom stereocenters. The zero-order valence-corrected chi connectivity index (χ0v) is 13.8. The van der Waals surface area contributed by atoms with Crippen molar-refractivity contribution in [2.75, 3.05) is 5.75 Å². The molecule has 0 saturated carbocycles. The molecular formula is C15H12Cl2O4S. The lowest BCUT2D eigenvalue weighted by Gasteiger charge is -2.15. The standard InChI is InChI=1S/C15H12Cl2O4S/c16-10-2-1-3-11(18)13(10)15(19)9-4-5-12-8(14(9)17)6-7-22(12,20)21/h4-5H,1-3,6-7H2. The van der Waals surface area contributed by atoms with Gasteiger partial charge in [-0.3, -0.25) is 9.59 Å². The first-order valence-corrected chi connectivity index (χ1v) is 9.24. The number of Topliss-reactive ketones (excluding diaryl/α,β-unsaturated/α-hetero) is 2. The second-order valence-corrected chi connectivity index (χ2v) is 8.27. The molecule has 1 heterocycles. The maximum Gasteiger partial charge on any atom is 0.199 e. The molecule has 0 fully saturated rings. The van der Waals surface area contributed by atoms with Gasteiger partial charge in [-0.05, 0) is 37.0 Å². The SMILES string of the molecule is O=C1CCCC(Cl)=C1C(=O)c1ccc2c(c1Cl)CCS2(=O)=O. The third-order valence-electron chi connectivity index (χ3n) is 3.98. The molecule has 0 bridgehead atoms. The second kappa shape index (κ2) is 5.48. The van der Waals surface area contributed by atoms with Crippen molar-refractivity contribution < 1.29 is 18.0 Å². The Morgan fingerprint density at radius 3 is 2.50 bits per heavy atom. The minimum Gasteiger partial charge on any atom is -0.294 e. The highest BCUT2D eigenvalue weighted by atomic mass is 35.5. The predicted molar refractivity (Wildman–Crippen MR) is 83.3 cm³/mol. The number of rotatable bonds is 2. The van der Waals surface area contributed by atoms with Crippen LogP contribution in [0.1, 0.15) is 35.2 Å². The van der Waals surface area contributed by atoms with Gasteiger partial charge in [-0.1, -0.05) is 23.2 Å². The van der Waals surface area contributed by atoms with Gasteiger partial charge in [0.05, 0.1) is 21.2 Å². The zero-order chi connectivity index (χ0) is 16.1. The molecular weight excluding hydrogens is 347 g/mol. The Bertz CT molecular complexity index is 837. The summed E-state index contributed by atoms with van der Waals surface area (Å²) >= 11 is 12.3. The molecule has 1 aromatic carbocycles. The lowest BCUT2D eigenvalue weighted by atomic mass is 9.91. The highest BCUT2D eigenvalue weighted by Gasteiger charge is 2.33. The molecule has 7 heteroatoms. The van der Waals surface area contributed by atoms with Crippen LogP contribution < -0.4 is 0 Å². The van der Waals surface area contributed by atoms with E-state index in [1.165, 1.54) is 12.1 Å². The Morgan fingerprint density at radius 2 is 1.82 bits per heavy atom. The van der Waals surface area contributed by atoms with E-state index in [1.54, 1.807) is 0 Å². The van der Waals surface area contributed by atoms with E-state index in [2.05, 4.69) is 0 Å². The normalized spacial score (nSPS) is 20.2. The van der Waals surface area contributed by atoms with Crippen molar-refractivity contribution in [2.24, 2.45) is 0 Å². The summed E-state index contributed by atoms with van der Waals surface area (Å²) in [6, 6.07) is 2.75. The first-order valence-electron chi connectivity index (χ1n) is 6.83. The van der Waals surface area contributed by atoms with Crippen molar-refractivity contribution in [3.63, 3.8) is 0 Å². The summed E-state index contributed by atoms with van der Waals surface area (Å²) in [4.78, 5) is 24.7. The van der Waals surface area contributed by atoms with Crippen molar-refractivity contribution in [1.29, 1.82) is 0 Å². The quantitative estimate of drug-likeness (QED) is 0.601. The highest BCUT2D eigenvalue weighted by molar-refractivity contribution is 7.91. The summed E-state index contributed by atoms with van der Waals surface area (Å²) in [5, 5.41) is 0.365. The number of hydrogen-bond acceptors (Lipinski definition) is 4. The number of halogens is 2. The number of sulfone groups is 1. The van der Waals surface area contributed by atoms with Crippen LogP contribution in [0, 0.1) is 0 Å². The molecule has 3 rings (SSSR count). The van der Waals surface area contributed by atoms with Crippen LogP contribution in [-0.2, 0) is 21.1 Å².